The Balaban J connectivity index is 1.93. The van der Waals surface area contributed by atoms with Crippen LogP contribution in [0.3, 0.4) is 0 Å². The first kappa shape index (κ1) is 16.3. The van der Waals surface area contributed by atoms with E-state index < -0.39 is 0 Å². The number of urea groups is 1. The second kappa shape index (κ2) is 7.29. The van der Waals surface area contributed by atoms with Gasteiger partial charge in [0, 0.05) is 25.2 Å². The highest BCUT2D eigenvalue weighted by atomic mass is 16.2. The largest absolute Gasteiger partial charge is 0.338 e. The molecule has 22 heavy (non-hydrogen) atoms. The van der Waals surface area contributed by atoms with Gasteiger partial charge in [-0.15, -0.1) is 0 Å². The van der Waals surface area contributed by atoms with Crippen molar-refractivity contribution < 1.29 is 9.59 Å². The topological polar surface area (TPSA) is 61.4 Å². The number of nitrogens with zero attached hydrogens (tertiary/aromatic N) is 1. The van der Waals surface area contributed by atoms with Crippen LogP contribution in [0, 0.1) is 13.8 Å². The Labute approximate surface area is 132 Å². The van der Waals surface area contributed by atoms with Crippen molar-refractivity contribution in [3.63, 3.8) is 0 Å². The summed E-state index contributed by atoms with van der Waals surface area (Å²) in [7, 11) is 0. The number of nitrogens with one attached hydrogen (secondary N) is 2. The van der Waals surface area contributed by atoms with Gasteiger partial charge in [-0.3, -0.25) is 4.79 Å². The average Bonchev–Trinajstić information content (AvgIpc) is 2.83. The van der Waals surface area contributed by atoms with Gasteiger partial charge in [0.05, 0.1) is 6.04 Å². The molecule has 1 atom stereocenters. The molecule has 1 aromatic carbocycles. The molecule has 5 nitrogen and oxygen atoms in total. The Bertz CT molecular complexity index is 557. The van der Waals surface area contributed by atoms with Crippen LogP contribution in [0.25, 0.3) is 0 Å². The molecule has 0 saturated carbocycles. The fraction of sp³-hybridized carbons (Fsp3) is 0.529. The van der Waals surface area contributed by atoms with Crippen LogP contribution in [0.2, 0.25) is 0 Å². The van der Waals surface area contributed by atoms with Crippen molar-refractivity contribution in [3.8, 4) is 0 Å². The molecule has 1 unspecified atom stereocenters. The van der Waals surface area contributed by atoms with Gasteiger partial charge in [-0.2, -0.15) is 0 Å². The van der Waals surface area contributed by atoms with Crippen LogP contribution in [0.5, 0.6) is 0 Å². The molecule has 1 fully saturated rings. The molecule has 2 rings (SSSR count). The molecule has 0 bridgehead atoms. The first-order chi connectivity index (χ1) is 10.5. The molecule has 5 heteroatoms. The zero-order chi connectivity index (χ0) is 16.1. The number of amides is 3. The third-order valence-corrected chi connectivity index (χ3v) is 4.08. The lowest BCUT2D eigenvalue weighted by Crippen LogP contribution is -2.43. The fourth-order valence-electron chi connectivity index (χ4n) is 2.56. The molecule has 0 aromatic heterocycles. The van der Waals surface area contributed by atoms with Crippen molar-refractivity contribution in [1.82, 2.24) is 10.6 Å². The number of hydrogen-bond acceptors (Lipinski definition) is 2. The lowest BCUT2D eigenvalue weighted by molar-refractivity contribution is -0.117. The van der Waals surface area contributed by atoms with Gasteiger partial charge in [-0.1, -0.05) is 19.4 Å². The van der Waals surface area contributed by atoms with Gasteiger partial charge in [0.25, 0.3) is 0 Å². The van der Waals surface area contributed by atoms with Gasteiger partial charge >= 0.3 is 6.03 Å². The molecule has 2 N–H and O–H groups in total. The summed E-state index contributed by atoms with van der Waals surface area (Å²) in [5.41, 5.74) is 3.28. The number of benzene rings is 1. The monoisotopic (exact) mass is 303 g/mol. The summed E-state index contributed by atoms with van der Waals surface area (Å²) in [4.78, 5) is 25.7. The third-order valence-electron chi connectivity index (χ3n) is 4.08. The van der Waals surface area contributed by atoms with E-state index in [0.29, 0.717) is 19.5 Å². The normalized spacial score (nSPS) is 17.7. The summed E-state index contributed by atoms with van der Waals surface area (Å²) in [6.07, 6.45) is 2.36. The highest BCUT2D eigenvalue weighted by Gasteiger charge is 2.31. The van der Waals surface area contributed by atoms with E-state index in [1.54, 1.807) is 4.90 Å². The number of carbonyl (C=O) groups is 2. The Hall–Kier alpha value is -2.04. The molecule has 0 aliphatic carbocycles. The predicted molar refractivity (Wildman–Crippen MR) is 88.1 cm³/mol. The summed E-state index contributed by atoms with van der Waals surface area (Å²) in [6.45, 7) is 7.37. The van der Waals surface area contributed by atoms with Crippen LogP contribution in [0.15, 0.2) is 18.2 Å². The molecular formula is C17H25N3O2. The van der Waals surface area contributed by atoms with E-state index in [2.05, 4.69) is 24.5 Å². The molecule has 3 amide bonds. The van der Waals surface area contributed by atoms with E-state index >= 15 is 0 Å². The van der Waals surface area contributed by atoms with Gasteiger partial charge in [0.2, 0.25) is 5.91 Å². The zero-order valence-corrected chi connectivity index (χ0v) is 13.6. The number of rotatable bonds is 5. The highest BCUT2D eigenvalue weighted by Crippen LogP contribution is 2.23. The first-order valence-electron chi connectivity index (χ1n) is 7.93. The predicted octanol–water partition coefficient (Wildman–Crippen LogP) is 2.51. The summed E-state index contributed by atoms with van der Waals surface area (Å²) < 4.78 is 0. The Kier molecular flexibility index (Phi) is 5.41. The smallest absolute Gasteiger partial charge is 0.315 e. The summed E-state index contributed by atoms with van der Waals surface area (Å²) in [6, 6.07) is 5.70. The van der Waals surface area contributed by atoms with Crippen molar-refractivity contribution in [3.05, 3.63) is 29.3 Å². The maximum absolute atomic E-state index is 12.2. The molecule has 0 radical (unpaired) electrons. The number of anilines is 1. The van der Waals surface area contributed by atoms with Crippen LogP contribution < -0.4 is 15.5 Å². The SMILES string of the molecule is CCCCNC(=O)NC1CC(=O)N(c2ccc(C)c(C)c2)C1. The van der Waals surface area contributed by atoms with Crippen molar-refractivity contribution in [1.29, 1.82) is 0 Å². The van der Waals surface area contributed by atoms with Crippen LogP contribution in [-0.4, -0.2) is 31.1 Å². The van der Waals surface area contributed by atoms with Crippen LogP contribution in [-0.2, 0) is 4.79 Å². The van der Waals surface area contributed by atoms with Crippen LogP contribution in [0.4, 0.5) is 10.5 Å². The Morgan fingerprint density at radius 1 is 1.32 bits per heavy atom. The fourth-order valence-corrected chi connectivity index (χ4v) is 2.56. The van der Waals surface area contributed by atoms with E-state index in [-0.39, 0.29) is 18.0 Å². The van der Waals surface area contributed by atoms with Gasteiger partial charge in [-0.05, 0) is 43.5 Å². The average molecular weight is 303 g/mol. The second-order valence-corrected chi connectivity index (χ2v) is 5.93. The van der Waals surface area contributed by atoms with Crippen molar-refractivity contribution in [2.24, 2.45) is 0 Å². The van der Waals surface area contributed by atoms with E-state index in [4.69, 9.17) is 0 Å². The zero-order valence-electron chi connectivity index (χ0n) is 13.6. The van der Waals surface area contributed by atoms with E-state index in [1.807, 2.05) is 25.1 Å². The Morgan fingerprint density at radius 2 is 2.09 bits per heavy atom. The van der Waals surface area contributed by atoms with Crippen molar-refractivity contribution in [2.75, 3.05) is 18.0 Å². The molecule has 1 heterocycles. The second-order valence-electron chi connectivity index (χ2n) is 5.93. The quantitative estimate of drug-likeness (QED) is 0.821. The van der Waals surface area contributed by atoms with Gasteiger partial charge in [0.15, 0.2) is 0 Å². The molecule has 1 aliphatic heterocycles. The lowest BCUT2D eigenvalue weighted by atomic mass is 10.1. The summed E-state index contributed by atoms with van der Waals surface area (Å²) in [5, 5.41) is 5.70. The number of unbranched alkanes of at least 4 members (excludes halogenated alkanes) is 1. The summed E-state index contributed by atoms with van der Waals surface area (Å²) >= 11 is 0. The first-order valence-corrected chi connectivity index (χ1v) is 7.93. The van der Waals surface area contributed by atoms with Gasteiger partial charge in [0.1, 0.15) is 0 Å². The standard InChI is InChI=1S/C17H25N3O2/c1-4-5-8-18-17(22)19-14-10-16(21)20(11-14)15-7-6-12(2)13(3)9-15/h6-7,9,14H,4-5,8,10-11H2,1-3H3,(H2,18,19,22). The molecule has 1 saturated heterocycles. The number of hydrogen-bond donors (Lipinski definition) is 2. The highest BCUT2D eigenvalue weighted by molar-refractivity contribution is 5.96. The van der Waals surface area contributed by atoms with Crippen molar-refractivity contribution >= 4 is 17.6 Å². The molecule has 1 aliphatic rings. The van der Waals surface area contributed by atoms with Crippen LogP contribution in [0.1, 0.15) is 37.3 Å². The minimum absolute atomic E-state index is 0.0575. The van der Waals surface area contributed by atoms with Crippen LogP contribution >= 0.6 is 0 Å². The lowest BCUT2D eigenvalue weighted by Gasteiger charge is -2.18. The van der Waals surface area contributed by atoms with E-state index in [9.17, 15) is 9.59 Å². The maximum atomic E-state index is 12.2. The van der Waals surface area contributed by atoms with E-state index in [1.165, 1.54) is 11.1 Å². The minimum Gasteiger partial charge on any atom is -0.338 e. The third kappa shape index (κ3) is 4.00. The number of aryl methyl sites for hydroxylation is 2. The van der Waals surface area contributed by atoms with Crippen molar-refractivity contribution in [2.45, 2.75) is 46.1 Å². The molecule has 0 spiro atoms. The maximum Gasteiger partial charge on any atom is 0.315 e. The number of carbonyl (C=O) groups excluding carboxylic acids is 2. The van der Waals surface area contributed by atoms with E-state index in [0.717, 1.165) is 18.5 Å². The molecular weight excluding hydrogens is 278 g/mol. The van der Waals surface area contributed by atoms with Gasteiger partial charge in [-0.25, -0.2) is 4.79 Å². The molecule has 1 aromatic rings. The minimum atomic E-state index is -0.187. The molecule has 120 valence electrons. The summed E-state index contributed by atoms with van der Waals surface area (Å²) in [5.74, 6) is 0.0575. The Morgan fingerprint density at radius 3 is 2.77 bits per heavy atom. The van der Waals surface area contributed by atoms with Gasteiger partial charge < -0.3 is 15.5 Å².